The molecule has 0 unspecified atom stereocenters. The minimum Gasteiger partial charge on any atom is -0.496 e. The van der Waals surface area contributed by atoms with Gasteiger partial charge in [0, 0.05) is 6.04 Å². The second kappa shape index (κ2) is 8.22. The molecule has 0 aliphatic heterocycles. The molecule has 1 atom stereocenters. The minimum absolute atomic E-state index is 0. The molecule has 0 spiro atoms. The van der Waals surface area contributed by atoms with E-state index in [-0.39, 0.29) is 18.4 Å². The molecule has 1 rings (SSSR count). The van der Waals surface area contributed by atoms with Crippen molar-refractivity contribution in [3.8, 4) is 11.5 Å². The van der Waals surface area contributed by atoms with Crippen LogP contribution < -0.4 is 15.2 Å². The first-order chi connectivity index (χ1) is 8.15. The largest absolute Gasteiger partial charge is 0.496 e. The van der Waals surface area contributed by atoms with E-state index in [4.69, 9.17) is 15.2 Å². The molecule has 0 saturated heterocycles. The van der Waals surface area contributed by atoms with Crippen LogP contribution in [0.5, 0.6) is 11.5 Å². The van der Waals surface area contributed by atoms with E-state index in [0.29, 0.717) is 0 Å². The van der Waals surface area contributed by atoms with Gasteiger partial charge in [-0.25, -0.2) is 0 Å². The summed E-state index contributed by atoms with van der Waals surface area (Å²) in [6.45, 7) is 4.20. The number of aryl methyl sites for hydroxylation is 1. The molecule has 0 saturated carbocycles. The monoisotopic (exact) mass is 273 g/mol. The van der Waals surface area contributed by atoms with E-state index in [1.165, 1.54) is 0 Å². The third kappa shape index (κ3) is 4.07. The molecule has 0 aliphatic carbocycles. The van der Waals surface area contributed by atoms with Crippen molar-refractivity contribution in [2.45, 2.75) is 39.2 Å². The Morgan fingerprint density at radius 2 is 1.56 bits per heavy atom. The zero-order valence-corrected chi connectivity index (χ0v) is 12.5. The van der Waals surface area contributed by atoms with Crippen LogP contribution in [-0.4, -0.2) is 20.3 Å². The third-order valence-electron chi connectivity index (χ3n) is 3.07. The number of rotatable bonds is 6. The zero-order chi connectivity index (χ0) is 12.8. The summed E-state index contributed by atoms with van der Waals surface area (Å²) in [4.78, 5) is 0. The van der Waals surface area contributed by atoms with E-state index < -0.39 is 0 Å². The van der Waals surface area contributed by atoms with Gasteiger partial charge in [0.15, 0.2) is 0 Å². The van der Waals surface area contributed by atoms with Crippen molar-refractivity contribution in [1.29, 1.82) is 0 Å². The van der Waals surface area contributed by atoms with Gasteiger partial charge in [-0.1, -0.05) is 13.8 Å². The molecule has 0 heterocycles. The van der Waals surface area contributed by atoms with Crippen molar-refractivity contribution in [2.75, 3.05) is 14.2 Å². The van der Waals surface area contributed by atoms with Crippen LogP contribution in [0.1, 0.15) is 31.4 Å². The smallest absolute Gasteiger partial charge is 0.122 e. The van der Waals surface area contributed by atoms with Crippen molar-refractivity contribution in [3.63, 3.8) is 0 Å². The fraction of sp³-hybridized carbons (Fsp3) is 0.571. The van der Waals surface area contributed by atoms with Crippen LogP contribution in [0.25, 0.3) is 0 Å². The lowest BCUT2D eigenvalue weighted by Crippen LogP contribution is -2.21. The predicted octanol–water partition coefficient (Wildman–Crippen LogP) is 2.97. The Hall–Kier alpha value is -0.930. The van der Waals surface area contributed by atoms with Crippen LogP contribution in [0.2, 0.25) is 0 Å². The van der Waals surface area contributed by atoms with E-state index in [1.807, 2.05) is 6.07 Å². The van der Waals surface area contributed by atoms with Crippen LogP contribution in [0.3, 0.4) is 0 Å². The van der Waals surface area contributed by atoms with Crippen LogP contribution >= 0.6 is 12.4 Å². The summed E-state index contributed by atoms with van der Waals surface area (Å²) in [5.74, 6) is 1.83. The molecule has 0 fully saturated rings. The molecule has 0 bridgehead atoms. The Bertz CT molecular complexity index is 369. The lowest BCUT2D eigenvalue weighted by Gasteiger charge is -2.16. The van der Waals surface area contributed by atoms with E-state index in [2.05, 4.69) is 19.9 Å². The van der Waals surface area contributed by atoms with E-state index in [1.54, 1.807) is 14.2 Å². The average Bonchev–Trinajstić information content (AvgIpc) is 2.37. The standard InChI is InChI=1S/C14H23NO2.ClH/c1-5-10-8-14(17-4)11(7-12(15)6-2)9-13(10)16-3;/h8-9,12H,5-7,15H2,1-4H3;1H/t12-;/m1./s1. The van der Waals surface area contributed by atoms with E-state index in [0.717, 1.165) is 41.9 Å². The third-order valence-corrected chi connectivity index (χ3v) is 3.07. The molecule has 104 valence electrons. The number of ether oxygens (including phenoxy) is 2. The molecule has 0 radical (unpaired) electrons. The van der Waals surface area contributed by atoms with Crippen LogP contribution in [0.15, 0.2) is 12.1 Å². The Morgan fingerprint density at radius 3 is 2.00 bits per heavy atom. The Balaban J connectivity index is 0.00000289. The second-order valence-electron chi connectivity index (χ2n) is 4.20. The van der Waals surface area contributed by atoms with Gasteiger partial charge in [-0.3, -0.25) is 0 Å². The number of benzene rings is 1. The molecule has 18 heavy (non-hydrogen) atoms. The highest BCUT2D eigenvalue weighted by Crippen LogP contribution is 2.30. The van der Waals surface area contributed by atoms with Gasteiger partial charge in [-0.05, 0) is 42.5 Å². The number of nitrogens with two attached hydrogens (primary N) is 1. The molecule has 0 amide bonds. The van der Waals surface area contributed by atoms with Gasteiger partial charge in [0.2, 0.25) is 0 Å². The van der Waals surface area contributed by atoms with Crippen molar-refractivity contribution < 1.29 is 9.47 Å². The maximum atomic E-state index is 5.99. The molecule has 2 N–H and O–H groups in total. The Labute approximate surface area is 116 Å². The number of hydrogen-bond donors (Lipinski definition) is 1. The van der Waals surface area contributed by atoms with Gasteiger partial charge in [-0.2, -0.15) is 0 Å². The van der Waals surface area contributed by atoms with Gasteiger partial charge >= 0.3 is 0 Å². The van der Waals surface area contributed by atoms with Gasteiger partial charge in [0.25, 0.3) is 0 Å². The maximum Gasteiger partial charge on any atom is 0.122 e. The first-order valence-corrected chi connectivity index (χ1v) is 6.15. The van der Waals surface area contributed by atoms with Crippen molar-refractivity contribution >= 4 is 12.4 Å². The number of halogens is 1. The van der Waals surface area contributed by atoms with Crippen molar-refractivity contribution in [2.24, 2.45) is 5.73 Å². The molecule has 1 aromatic rings. The molecule has 0 aromatic heterocycles. The SMILES string of the molecule is CCc1cc(OC)c(C[C@H](N)CC)cc1OC.Cl. The molecular weight excluding hydrogens is 250 g/mol. The predicted molar refractivity (Wildman–Crippen MR) is 78.1 cm³/mol. The van der Waals surface area contributed by atoms with E-state index in [9.17, 15) is 0 Å². The summed E-state index contributed by atoms with van der Waals surface area (Å²) >= 11 is 0. The lowest BCUT2D eigenvalue weighted by molar-refractivity contribution is 0.393. The molecule has 1 aromatic carbocycles. The van der Waals surface area contributed by atoms with E-state index >= 15 is 0 Å². The van der Waals surface area contributed by atoms with Crippen LogP contribution in [0.4, 0.5) is 0 Å². The molecule has 3 nitrogen and oxygen atoms in total. The summed E-state index contributed by atoms with van der Waals surface area (Å²) in [5.41, 5.74) is 8.28. The zero-order valence-electron chi connectivity index (χ0n) is 11.7. The highest BCUT2D eigenvalue weighted by atomic mass is 35.5. The summed E-state index contributed by atoms with van der Waals surface area (Å²) in [7, 11) is 3.40. The summed E-state index contributed by atoms with van der Waals surface area (Å²) in [6.07, 6.45) is 2.71. The first kappa shape index (κ1) is 17.1. The van der Waals surface area contributed by atoms with Gasteiger partial charge in [0.1, 0.15) is 11.5 Å². The number of methoxy groups -OCH3 is 2. The van der Waals surface area contributed by atoms with Crippen LogP contribution in [0, 0.1) is 0 Å². The quantitative estimate of drug-likeness (QED) is 0.867. The van der Waals surface area contributed by atoms with Gasteiger partial charge < -0.3 is 15.2 Å². The molecular formula is C14H24ClNO2. The van der Waals surface area contributed by atoms with Gasteiger partial charge in [-0.15, -0.1) is 12.4 Å². The summed E-state index contributed by atoms with van der Waals surface area (Å²) < 4.78 is 10.8. The normalized spacial score (nSPS) is 11.6. The Morgan fingerprint density at radius 1 is 1.06 bits per heavy atom. The fourth-order valence-corrected chi connectivity index (χ4v) is 1.89. The number of hydrogen-bond acceptors (Lipinski definition) is 3. The van der Waals surface area contributed by atoms with Crippen molar-refractivity contribution in [3.05, 3.63) is 23.3 Å². The highest BCUT2D eigenvalue weighted by Gasteiger charge is 2.12. The van der Waals surface area contributed by atoms with Gasteiger partial charge in [0.05, 0.1) is 14.2 Å². The fourth-order valence-electron chi connectivity index (χ4n) is 1.89. The maximum absolute atomic E-state index is 5.99. The topological polar surface area (TPSA) is 44.5 Å². The van der Waals surface area contributed by atoms with Crippen LogP contribution in [-0.2, 0) is 12.8 Å². The molecule has 4 heteroatoms. The Kier molecular flexibility index (Phi) is 7.80. The van der Waals surface area contributed by atoms with Crippen molar-refractivity contribution in [1.82, 2.24) is 0 Å². The summed E-state index contributed by atoms with van der Waals surface area (Å²) in [6, 6.07) is 4.27. The minimum atomic E-state index is 0. The lowest BCUT2D eigenvalue weighted by atomic mass is 10.00. The highest BCUT2D eigenvalue weighted by molar-refractivity contribution is 5.85. The summed E-state index contributed by atoms with van der Waals surface area (Å²) in [5, 5.41) is 0. The average molecular weight is 274 g/mol. The molecule has 0 aliphatic rings. The second-order valence-corrected chi connectivity index (χ2v) is 4.20. The first-order valence-electron chi connectivity index (χ1n) is 6.15.